The normalized spacial score (nSPS) is 12.0. The van der Waals surface area contributed by atoms with Gasteiger partial charge in [-0.2, -0.15) is 0 Å². The number of rotatable bonds is 32. The van der Waals surface area contributed by atoms with E-state index in [2.05, 4.69) is 18.7 Å². The van der Waals surface area contributed by atoms with E-state index in [0.29, 0.717) is 6.54 Å². The van der Waals surface area contributed by atoms with E-state index in [1.54, 1.807) is 0 Å². The van der Waals surface area contributed by atoms with Crippen molar-refractivity contribution in [2.75, 3.05) is 19.6 Å². The van der Waals surface area contributed by atoms with Crippen molar-refractivity contribution in [3.05, 3.63) is 0 Å². The number of carbonyl (C=O) groups excluding carboxylic acids is 1. The summed E-state index contributed by atoms with van der Waals surface area (Å²) in [6.45, 7) is 13.0. The largest absolute Gasteiger partial charge is 0.459 e. The molecule has 0 amide bonds. The molecule has 0 unspecified atom stereocenters. The Labute approximate surface area is 259 Å². The number of carbonyl (C=O) groups is 1. The van der Waals surface area contributed by atoms with E-state index < -0.39 is 5.60 Å². The number of hydrogen-bond donors (Lipinski definition) is 0. The van der Waals surface area contributed by atoms with Crippen LogP contribution in [0.1, 0.15) is 214 Å². The molecule has 0 radical (unpaired) electrons. The predicted molar refractivity (Wildman–Crippen MR) is 183 cm³/mol. The van der Waals surface area contributed by atoms with Crippen LogP contribution in [0.25, 0.3) is 0 Å². The van der Waals surface area contributed by atoms with Gasteiger partial charge in [0.25, 0.3) is 0 Å². The summed E-state index contributed by atoms with van der Waals surface area (Å²) in [6.07, 6.45) is 38.8. The molecule has 41 heavy (non-hydrogen) atoms. The van der Waals surface area contributed by atoms with Gasteiger partial charge in [0.15, 0.2) is 0 Å². The molecule has 0 fully saturated rings. The highest BCUT2D eigenvalue weighted by molar-refractivity contribution is 5.72. The van der Waals surface area contributed by atoms with Crippen molar-refractivity contribution in [2.24, 2.45) is 0 Å². The third-order valence-corrected chi connectivity index (χ3v) is 8.43. The van der Waals surface area contributed by atoms with Crippen LogP contribution in [0.15, 0.2) is 0 Å². The molecular formula is C38H77NO2. The fourth-order valence-electron chi connectivity index (χ4n) is 5.89. The zero-order chi connectivity index (χ0) is 30.3. The summed E-state index contributed by atoms with van der Waals surface area (Å²) in [4.78, 5) is 14.9. The highest BCUT2D eigenvalue weighted by Crippen LogP contribution is 2.15. The maximum absolute atomic E-state index is 12.5. The van der Waals surface area contributed by atoms with Crippen LogP contribution in [0.3, 0.4) is 0 Å². The molecule has 3 heteroatoms. The summed E-state index contributed by atoms with van der Waals surface area (Å²) < 4.78 is 5.64. The maximum Gasteiger partial charge on any atom is 0.320 e. The summed E-state index contributed by atoms with van der Waals surface area (Å²) in [5.41, 5.74) is -0.396. The van der Waals surface area contributed by atoms with Crippen molar-refractivity contribution in [2.45, 2.75) is 220 Å². The van der Waals surface area contributed by atoms with Crippen LogP contribution in [0.5, 0.6) is 0 Å². The van der Waals surface area contributed by atoms with E-state index in [0.717, 1.165) is 13.1 Å². The molecule has 0 saturated heterocycles. The molecule has 3 nitrogen and oxygen atoms in total. The minimum atomic E-state index is -0.396. The Hall–Kier alpha value is -0.570. The summed E-state index contributed by atoms with van der Waals surface area (Å²) >= 11 is 0. The summed E-state index contributed by atoms with van der Waals surface area (Å²) in [7, 11) is 0. The van der Waals surface area contributed by atoms with Crippen molar-refractivity contribution in [1.82, 2.24) is 4.90 Å². The van der Waals surface area contributed by atoms with E-state index in [4.69, 9.17) is 4.74 Å². The van der Waals surface area contributed by atoms with Crippen LogP contribution in [0, 0.1) is 0 Å². The first kappa shape index (κ1) is 40.4. The third-order valence-electron chi connectivity index (χ3n) is 8.43. The summed E-state index contributed by atoms with van der Waals surface area (Å²) in [5, 5.41) is 0. The van der Waals surface area contributed by atoms with Crippen molar-refractivity contribution in [1.29, 1.82) is 0 Å². The van der Waals surface area contributed by atoms with E-state index in [1.165, 1.54) is 180 Å². The van der Waals surface area contributed by atoms with E-state index in [-0.39, 0.29) is 5.97 Å². The molecular weight excluding hydrogens is 502 g/mol. The van der Waals surface area contributed by atoms with Crippen LogP contribution in [-0.2, 0) is 9.53 Å². The van der Waals surface area contributed by atoms with Gasteiger partial charge < -0.3 is 4.74 Å². The fraction of sp³-hybridized carbons (Fsp3) is 0.974. The Morgan fingerprint density at radius 2 is 0.683 bits per heavy atom. The van der Waals surface area contributed by atoms with E-state index in [1.807, 2.05) is 20.8 Å². The average Bonchev–Trinajstić information content (AvgIpc) is 2.92. The molecule has 0 aromatic carbocycles. The topological polar surface area (TPSA) is 29.5 Å². The lowest BCUT2D eigenvalue weighted by molar-refractivity contribution is -0.156. The number of ether oxygens (including phenoxy) is 1. The van der Waals surface area contributed by atoms with Crippen molar-refractivity contribution in [3.63, 3.8) is 0 Å². The first-order valence-electron chi connectivity index (χ1n) is 18.8. The molecule has 0 heterocycles. The zero-order valence-electron chi connectivity index (χ0n) is 29.2. The Kier molecular flexibility index (Phi) is 30.4. The van der Waals surface area contributed by atoms with Gasteiger partial charge in [0.2, 0.25) is 0 Å². The van der Waals surface area contributed by atoms with Gasteiger partial charge >= 0.3 is 5.97 Å². The second-order valence-electron chi connectivity index (χ2n) is 14.1. The predicted octanol–water partition coefficient (Wildman–Crippen LogP) is 12.6. The first-order valence-corrected chi connectivity index (χ1v) is 18.8. The van der Waals surface area contributed by atoms with Gasteiger partial charge in [-0.05, 0) is 46.7 Å². The molecule has 0 spiro atoms. The Morgan fingerprint density at radius 3 is 0.927 bits per heavy atom. The number of hydrogen-bond acceptors (Lipinski definition) is 3. The van der Waals surface area contributed by atoms with E-state index >= 15 is 0 Å². The lowest BCUT2D eigenvalue weighted by Crippen LogP contribution is -2.36. The Balaban J connectivity index is 3.87. The van der Waals surface area contributed by atoms with Crippen LogP contribution in [0.2, 0.25) is 0 Å². The van der Waals surface area contributed by atoms with Gasteiger partial charge in [0, 0.05) is 0 Å². The molecule has 0 aromatic heterocycles. The zero-order valence-corrected chi connectivity index (χ0v) is 29.2. The van der Waals surface area contributed by atoms with Crippen molar-refractivity contribution < 1.29 is 9.53 Å². The molecule has 0 rings (SSSR count). The van der Waals surface area contributed by atoms with E-state index in [9.17, 15) is 4.79 Å². The van der Waals surface area contributed by atoms with Crippen molar-refractivity contribution in [3.8, 4) is 0 Å². The number of unbranched alkanes of at least 4 members (excludes halogenated alkanes) is 26. The fourth-order valence-corrected chi connectivity index (χ4v) is 5.89. The lowest BCUT2D eigenvalue weighted by Gasteiger charge is -2.25. The standard InChI is InChI=1S/C38H77NO2/c1-6-8-10-12-14-16-18-20-22-24-26-28-30-32-34-39(36-37(40)41-38(3,4)5)35-33-31-29-27-25-23-21-19-17-15-13-11-9-7-2/h6-36H2,1-5H3. The van der Waals surface area contributed by atoms with Crippen LogP contribution < -0.4 is 0 Å². The second kappa shape index (κ2) is 30.9. The molecule has 0 aliphatic rings. The third kappa shape index (κ3) is 33.8. The molecule has 246 valence electrons. The molecule has 0 atom stereocenters. The lowest BCUT2D eigenvalue weighted by atomic mass is 10.0. The Morgan fingerprint density at radius 1 is 0.439 bits per heavy atom. The molecule has 0 aromatic rings. The van der Waals surface area contributed by atoms with Gasteiger partial charge in [-0.15, -0.1) is 0 Å². The van der Waals surface area contributed by atoms with Crippen LogP contribution in [0.4, 0.5) is 0 Å². The number of nitrogens with zero attached hydrogens (tertiary/aromatic N) is 1. The quantitative estimate of drug-likeness (QED) is 0.0586. The maximum atomic E-state index is 12.5. The van der Waals surface area contributed by atoms with Crippen molar-refractivity contribution >= 4 is 5.97 Å². The monoisotopic (exact) mass is 580 g/mol. The highest BCUT2D eigenvalue weighted by atomic mass is 16.6. The molecule has 0 aliphatic heterocycles. The number of esters is 1. The highest BCUT2D eigenvalue weighted by Gasteiger charge is 2.18. The average molecular weight is 580 g/mol. The summed E-state index contributed by atoms with van der Waals surface area (Å²) in [5.74, 6) is -0.0618. The van der Waals surface area contributed by atoms with Gasteiger partial charge in [-0.1, -0.05) is 181 Å². The van der Waals surface area contributed by atoms with Gasteiger partial charge in [-0.25, -0.2) is 0 Å². The molecule has 0 N–H and O–H groups in total. The minimum Gasteiger partial charge on any atom is -0.459 e. The molecule has 0 aliphatic carbocycles. The van der Waals surface area contributed by atoms with Gasteiger partial charge in [-0.3, -0.25) is 9.69 Å². The smallest absolute Gasteiger partial charge is 0.320 e. The minimum absolute atomic E-state index is 0.0618. The Bertz CT molecular complexity index is 495. The van der Waals surface area contributed by atoms with Gasteiger partial charge in [0.05, 0.1) is 6.54 Å². The first-order chi connectivity index (χ1) is 19.9. The SMILES string of the molecule is CCCCCCCCCCCCCCCCN(CCCCCCCCCCCCCCCC)CC(=O)OC(C)(C)C. The van der Waals surface area contributed by atoms with Gasteiger partial charge in [0.1, 0.15) is 5.60 Å². The summed E-state index contributed by atoms with van der Waals surface area (Å²) in [6, 6.07) is 0. The van der Waals surface area contributed by atoms with Crippen LogP contribution >= 0.6 is 0 Å². The second-order valence-corrected chi connectivity index (χ2v) is 14.1. The molecule has 0 bridgehead atoms. The van der Waals surface area contributed by atoms with Crippen LogP contribution in [-0.4, -0.2) is 36.1 Å². The molecule has 0 saturated carbocycles.